The van der Waals surface area contributed by atoms with Crippen molar-refractivity contribution in [3.8, 4) is 0 Å². The van der Waals surface area contributed by atoms with Gasteiger partial charge in [0, 0.05) is 25.4 Å². The highest BCUT2D eigenvalue weighted by Crippen LogP contribution is 2.41. The van der Waals surface area contributed by atoms with E-state index in [4.69, 9.17) is 9.47 Å². The Hall–Kier alpha value is -0.120. The van der Waals surface area contributed by atoms with Crippen LogP contribution in [0.3, 0.4) is 0 Å². The Balaban J connectivity index is 2.02. The fourth-order valence-electron chi connectivity index (χ4n) is 2.93. The van der Waals surface area contributed by atoms with Gasteiger partial charge in [0.2, 0.25) is 0 Å². The molecule has 0 unspecified atom stereocenters. The van der Waals surface area contributed by atoms with Gasteiger partial charge in [-0.1, -0.05) is 13.8 Å². The summed E-state index contributed by atoms with van der Waals surface area (Å²) in [5.41, 5.74) is 0. The molecule has 0 aromatic rings. The molecule has 0 amide bonds. The second-order valence-corrected chi connectivity index (χ2v) is 5.47. The van der Waals surface area contributed by atoms with Crippen molar-refractivity contribution in [2.45, 2.75) is 57.8 Å². The van der Waals surface area contributed by atoms with Crippen molar-refractivity contribution in [1.29, 1.82) is 0 Å². The Labute approximate surface area is 98.1 Å². The normalized spacial score (nSPS) is 42.2. The van der Waals surface area contributed by atoms with Crippen molar-refractivity contribution < 1.29 is 14.6 Å². The molecule has 2 fully saturated rings. The zero-order valence-electron chi connectivity index (χ0n) is 10.4. The van der Waals surface area contributed by atoms with E-state index in [1.54, 1.807) is 0 Å². The summed E-state index contributed by atoms with van der Waals surface area (Å²) in [7, 11) is 0. The Morgan fingerprint density at radius 2 is 2.19 bits per heavy atom. The third-order valence-corrected chi connectivity index (χ3v) is 4.06. The molecular weight excluding hydrogens is 204 g/mol. The molecule has 2 heterocycles. The molecule has 2 rings (SSSR count). The molecule has 16 heavy (non-hydrogen) atoms. The third-order valence-electron chi connectivity index (χ3n) is 4.06. The molecule has 4 atom stereocenters. The lowest BCUT2D eigenvalue weighted by Crippen LogP contribution is -2.50. The van der Waals surface area contributed by atoms with Crippen LogP contribution in [0.1, 0.15) is 46.0 Å². The van der Waals surface area contributed by atoms with Crippen molar-refractivity contribution in [3.63, 3.8) is 0 Å². The van der Waals surface area contributed by atoms with E-state index in [-0.39, 0.29) is 24.4 Å². The molecule has 0 saturated carbocycles. The first-order chi connectivity index (χ1) is 7.67. The highest BCUT2D eigenvalue weighted by Gasteiger charge is 2.43. The Kier molecular flexibility index (Phi) is 3.88. The average molecular weight is 228 g/mol. The lowest BCUT2D eigenvalue weighted by atomic mass is 9.84. The van der Waals surface area contributed by atoms with Gasteiger partial charge in [0.25, 0.3) is 0 Å². The number of ether oxygens (including phenoxy) is 2. The Morgan fingerprint density at radius 3 is 2.81 bits per heavy atom. The first-order valence-electron chi connectivity index (χ1n) is 6.59. The van der Waals surface area contributed by atoms with Gasteiger partial charge in [-0.25, -0.2) is 0 Å². The molecule has 0 aromatic heterocycles. The Morgan fingerprint density at radius 1 is 1.38 bits per heavy atom. The van der Waals surface area contributed by atoms with Crippen LogP contribution in [0.5, 0.6) is 0 Å². The number of aliphatic hydroxyl groups excluding tert-OH is 1. The summed E-state index contributed by atoms with van der Waals surface area (Å²) in [6.07, 6.45) is 5.69. The van der Waals surface area contributed by atoms with E-state index in [2.05, 4.69) is 13.8 Å². The summed E-state index contributed by atoms with van der Waals surface area (Å²) in [4.78, 5) is 0. The molecule has 0 bridgehead atoms. The fourth-order valence-corrected chi connectivity index (χ4v) is 2.93. The maximum absolute atomic E-state index is 9.27. The molecule has 1 spiro atoms. The second kappa shape index (κ2) is 5.03. The summed E-state index contributed by atoms with van der Waals surface area (Å²) < 4.78 is 12.1. The minimum absolute atomic E-state index is 0.150. The van der Waals surface area contributed by atoms with Gasteiger partial charge in [-0.15, -0.1) is 0 Å². The minimum atomic E-state index is -0.321. The average Bonchev–Trinajstić information content (AvgIpc) is 2.33. The van der Waals surface area contributed by atoms with Crippen molar-refractivity contribution in [2.24, 2.45) is 11.8 Å². The molecule has 0 radical (unpaired) electrons. The first kappa shape index (κ1) is 12.3. The molecular formula is C13H24O3. The highest BCUT2D eigenvalue weighted by atomic mass is 16.7. The number of rotatable bonds is 2. The highest BCUT2D eigenvalue weighted by molar-refractivity contribution is 4.86. The monoisotopic (exact) mass is 228 g/mol. The van der Waals surface area contributed by atoms with E-state index < -0.39 is 0 Å². The number of hydrogen-bond donors (Lipinski definition) is 1. The lowest BCUT2D eigenvalue weighted by molar-refractivity contribution is -0.312. The van der Waals surface area contributed by atoms with Gasteiger partial charge < -0.3 is 14.6 Å². The van der Waals surface area contributed by atoms with Gasteiger partial charge >= 0.3 is 0 Å². The van der Waals surface area contributed by atoms with Gasteiger partial charge in [0.15, 0.2) is 5.79 Å². The quantitative estimate of drug-likeness (QED) is 0.788. The maximum atomic E-state index is 9.27. The van der Waals surface area contributed by atoms with E-state index in [1.165, 1.54) is 6.42 Å². The van der Waals surface area contributed by atoms with Crippen LogP contribution in [-0.4, -0.2) is 30.2 Å². The van der Waals surface area contributed by atoms with E-state index in [9.17, 15) is 5.11 Å². The van der Waals surface area contributed by atoms with Gasteiger partial charge in [-0.05, 0) is 25.2 Å². The van der Waals surface area contributed by atoms with Crippen LogP contribution >= 0.6 is 0 Å². The first-order valence-corrected chi connectivity index (χ1v) is 6.59. The van der Waals surface area contributed by atoms with Crippen LogP contribution in [0.15, 0.2) is 0 Å². The zero-order valence-corrected chi connectivity index (χ0v) is 10.4. The molecule has 2 aliphatic heterocycles. The van der Waals surface area contributed by atoms with Gasteiger partial charge in [-0.3, -0.25) is 0 Å². The van der Waals surface area contributed by atoms with Gasteiger partial charge in [-0.2, -0.15) is 0 Å². The van der Waals surface area contributed by atoms with Crippen LogP contribution in [0.25, 0.3) is 0 Å². The standard InChI is InChI=1S/C13H24O3/c1-10-5-7-13(6-3-4-8-15-13)16-12(10)11(2)9-14/h10-12,14H,3-9H2,1-2H3/t10-,11+,12+,13+/m1/s1. The van der Waals surface area contributed by atoms with Crippen LogP contribution in [0.4, 0.5) is 0 Å². The zero-order chi connectivity index (χ0) is 11.6. The second-order valence-electron chi connectivity index (χ2n) is 5.47. The SMILES string of the molecule is C[C@@H]1CC[C@]2(CCCCO2)O[C@@H]1[C@@H](C)CO. The van der Waals surface area contributed by atoms with Crippen molar-refractivity contribution >= 4 is 0 Å². The van der Waals surface area contributed by atoms with Gasteiger partial charge in [0.1, 0.15) is 0 Å². The maximum Gasteiger partial charge on any atom is 0.168 e. The lowest BCUT2D eigenvalue weighted by Gasteiger charge is -2.47. The summed E-state index contributed by atoms with van der Waals surface area (Å²) in [6.45, 7) is 5.30. The van der Waals surface area contributed by atoms with E-state index in [1.807, 2.05) is 0 Å². The smallest absolute Gasteiger partial charge is 0.168 e. The van der Waals surface area contributed by atoms with Crippen LogP contribution < -0.4 is 0 Å². The number of aliphatic hydroxyl groups is 1. The summed E-state index contributed by atoms with van der Waals surface area (Å²) >= 11 is 0. The van der Waals surface area contributed by atoms with E-state index >= 15 is 0 Å². The van der Waals surface area contributed by atoms with Crippen molar-refractivity contribution in [2.75, 3.05) is 13.2 Å². The van der Waals surface area contributed by atoms with Gasteiger partial charge in [0.05, 0.1) is 12.7 Å². The predicted molar refractivity (Wildman–Crippen MR) is 62.1 cm³/mol. The minimum Gasteiger partial charge on any atom is -0.396 e. The third kappa shape index (κ3) is 2.41. The number of hydrogen-bond acceptors (Lipinski definition) is 3. The molecule has 0 aromatic carbocycles. The topological polar surface area (TPSA) is 38.7 Å². The summed E-state index contributed by atoms with van der Waals surface area (Å²) in [6, 6.07) is 0. The molecule has 94 valence electrons. The van der Waals surface area contributed by atoms with Crippen molar-refractivity contribution in [1.82, 2.24) is 0 Å². The Bertz CT molecular complexity index is 219. The molecule has 0 aliphatic carbocycles. The van der Waals surface area contributed by atoms with Crippen LogP contribution in [0, 0.1) is 11.8 Å². The largest absolute Gasteiger partial charge is 0.396 e. The van der Waals surface area contributed by atoms with Crippen LogP contribution in [0.2, 0.25) is 0 Å². The molecule has 3 nitrogen and oxygen atoms in total. The predicted octanol–water partition coefficient (Wildman–Crippen LogP) is 2.33. The molecule has 1 N–H and O–H groups in total. The van der Waals surface area contributed by atoms with E-state index in [0.717, 1.165) is 32.3 Å². The molecule has 2 aliphatic rings. The summed E-state index contributed by atoms with van der Waals surface area (Å²) in [5, 5.41) is 9.27. The summed E-state index contributed by atoms with van der Waals surface area (Å²) in [5.74, 6) is 0.412. The van der Waals surface area contributed by atoms with Crippen LogP contribution in [-0.2, 0) is 9.47 Å². The van der Waals surface area contributed by atoms with E-state index in [0.29, 0.717) is 5.92 Å². The fraction of sp³-hybridized carbons (Fsp3) is 1.00. The molecule has 2 saturated heterocycles. The van der Waals surface area contributed by atoms with Crippen molar-refractivity contribution in [3.05, 3.63) is 0 Å². The molecule has 3 heteroatoms.